The molecule has 0 bridgehead atoms. The summed E-state index contributed by atoms with van der Waals surface area (Å²) in [5.74, 6) is 0.696. The highest BCUT2D eigenvalue weighted by Gasteiger charge is 2.18. The van der Waals surface area contributed by atoms with Gasteiger partial charge in [-0.1, -0.05) is 65.4 Å². The van der Waals surface area contributed by atoms with Crippen LogP contribution in [0.3, 0.4) is 0 Å². The minimum Gasteiger partial charge on any atom is -0.409 e. The zero-order chi connectivity index (χ0) is 18.8. The van der Waals surface area contributed by atoms with Gasteiger partial charge in [-0.05, 0) is 11.1 Å². The van der Waals surface area contributed by atoms with Crippen molar-refractivity contribution in [3.63, 3.8) is 0 Å². The van der Waals surface area contributed by atoms with Crippen molar-refractivity contribution >= 4 is 11.2 Å². The van der Waals surface area contributed by atoms with Crippen molar-refractivity contribution < 1.29 is 4.84 Å². The van der Waals surface area contributed by atoms with Gasteiger partial charge < -0.3 is 9.40 Å². The van der Waals surface area contributed by atoms with Crippen LogP contribution >= 0.6 is 0 Å². The predicted octanol–water partition coefficient (Wildman–Crippen LogP) is 1.58. The highest BCUT2D eigenvalue weighted by Crippen LogP contribution is 2.16. The van der Waals surface area contributed by atoms with Crippen LogP contribution in [0.4, 0.5) is 0 Å². The zero-order valence-electron chi connectivity index (χ0n) is 14.8. The second kappa shape index (κ2) is 6.95. The molecule has 0 saturated heterocycles. The molecule has 7 heteroatoms. The number of hydrogen-bond acceptors (Lipinski definition) is 4. The maximum absolute atomic E-state index is 12.6. The Balaban J connectivity index is 1.92. The summed E-state index contributed by atoms with van der Waals surface area (Å²) in [5, 5.41) is 0. The van der Waals surface area contributed by atoms with E-state index in [1.165, 1.54) is 7.11 Å². The van der Waals surface area contributed by atoms with Crippen molar-refractivity contribution in [1.82, 2.24) is 19.3 Å². The molecule has 4 rings (SSSR count). The second-order valence-corrected chi connectivity index (χ2v) is 6.17. The molecule has 0 amide bonds. The molecule has 27 heavy (non-hydrogen) atoms. The number of hydrogen-bond donors (Lipinski definition) is 1. The van der Waals surface area contributed by atoms with Gasteiger partial charge >= 0.3 is 11.2 Å². The minimum absolute atomic E-state index is 0.179. The first kappa shape index (κ1) is 16.8. The normalized spacial score (nSPS) is 11.0. The largest absolute Gasteiger partial charge is 0.409 e. The van der Waals surface area contributed by atoms with Crippen molar-refractivity contribution in [3.05, 3.63) is 98.5 Å². The zero-order valence-corrected chi connectivity index (χ0v) is 14.8. The maximum atomic E-state index is 12.6. The van der Waals surface area contributed by atoms with Crippen LogP contribution in [0.2, 0.25) is 0 Å². The molecule has 7 nitrogen and oxygen atoms in total. The van der Waals surface area contributed by atoms with Gasteiger partial charge in [0.2, 0.25) is 0 Å². The highest BCUT2D eigenvalue weighted by atomic mass is 16.7. The van der Waals surface area contributed by atoms with Crippen molar-refractivity contribution in [1.29, 1.82) is 0 Å². The molecule has 2 heterocycles. The van der Waals surface area contributed by atoms with E-state index in [-0.39, 0.29) is 5.52 Å². The maximum Gasteiger partial charge on any atom is 0.363 e. The number of aromatic nitrogens is 4. The van der Waals surface area contributed by atoms with Crippen molar-refractivity contribution in [2.75, 3.05) is 7.11 Å². The molecule has 0 saturated carbocycles. The fraction of sp³-hybridized carbons (Fsp3) is 0.150. The van der Waals surface area contributed by atoms with Crippen LogP contribution in [-0.4, -0.2) is 26.4 Å². The summed E-state index contributed by atoms with van der Waals surface area (Å²) in [6.07, 6.45) is 0.538. The molecular formula is C20H18N4O3. The van der Waals surface area contributed by atoms with E-state index in [9.17, 15) is 9.59 Å². The number of aromatic amines is 1. The van der Waals surface area contributed by atoms with Crippen LogP contribution < -0.4 is 16.1 Å². The summed E-state index contributed by atoms with van der Waals surface area (Å²) in [4.78, 5) is 36.9. The van der Waals surface area contributed by atoms with Crippen LogP contribution in [0.5, 0.6) is 0 Å². The second-order valence-electron chi connectivity index (χ2n) is 6.17. The Kier molecular flexibility index (Phi) is 4.33. The first-order chi connectivity index (χ1) is 13.2. The predicted molar refractivity (Wildman–Crippen MR) is 102 cm³/mol. The molecule has 2 aromatic heterocycles. The Morgan fingerprint density at radius 2 is 1.59 bits per heavy atom. The quantitative estimate of drug-likeness (QED) is 0.584. The summed E-state index contributed by atoms with van der Waals surface area (Å²) in [5.41, 5.74) is 1.48. The van der Waals surface area contributed by atoms with Crippen molar-refractivity contribution in [2.24, 2.45) is 0 Å². The molecule has 1 N–H and O–H groups in total. The van der Waals surface area contributed by atoms with Gasteiger partial charge in [0.05, 0.1) is 6.54 Å². The number of benzene rings is 2. The first-order valence-electron chi connectivity index (χ1n) is 8.54. The topological polar surface area (TPSA) is 81.9 Å². The first-order valence-corrected chi connectivity index (χ1v) is 8.54. The summed E-state index contributed by atoms with van der Waals surface area (Å²) in [7, 11) is 1.27. The number of H-pyrrole nitrogens is 1. The van der Waals surface area contributed by atoms with Gasteiger partial charge in [0.1, 0.15) is 18.6 Å². The Bertz CT molecular complexity index is 1190. The molecule has 0 aliphatic heterocycles. The Morgan fingerprint density at radius 1 is 0.963 bits per heavy atom. The Morgan fingerprint density at radius 3 is 2.22 bits per heavy atom. The lowest BCUT2D eigenvalue weighted by Crippen LogP contribution is -2.38. The fourth-order valence-electron chi connectivity index (χ4n) is 3.13. The van der Waals surface area contributed by atoms with Gasteiger partial charge in [0, 0.05) is 6.42 Å². The molecule has 0 atom stereocenters. The van der Waals surface area contributed by atoms with Crippen LogP contribution in [0.1, 0.15) is 17.0 Å². The third kappa shape index (κ3) is 3.15. The number of nitrogens with one attached hydrogen (secondary N) is 1. The molecular weight excluding hydrogens is 344 g/mol. The lowest BCUT2D eigenvalue weighted by Gasteiger charge is -2.09. The van der Waals surface area contributed by atoms with Crippen molar-refractivity contribution in [2.45, 2.75) is 13.0 Å². The van der Waals surface area contributed by atoms with Crippen LogP contribution in [0.15, 0.2) is 70.3 Å². The van der Waals surface area contributed by atoms with E-state index >= 15 is 0 Å². The van der Waals surface area contributed by atoms with E-state index in [1.54, 1.807) is 0 Å². The molecule has 0 spiro atoms. The van der Waals surface area contributed by atoms with E-state index in [1.807, 2.05) is 65.2 Å². The molecule has 136 valence electrons. The van der Waals surface area contributed by atoms with Gasteiger partial charge in [-0.3, -0.25) is 9.78 Å². The third-order valence-corrected chi connectivity index (χ3v) is 4.41. The van der Waals surface area contributed by atoms with E-state index in [0.717, 1.165) is 11.1 Å². The number of nitrogens with zero attached hydrogens (tertiary/aromatic N) is 3. The molecule has 0 aliphatic rings. The third-order valence-electron chi connectivity index (χ3n) is 4.41. The fourth-order valence-corrected chi connectivity index (χ4v) is 3.13. The molecule has 4 aromatic rings. The van der Waals surface area contributed by atoms with Gasteiger partial charge in [-0.2, -0.15) is 0 Å². The average Bonchev–Trinajstić information content (AvgIpc) is 3.01. The monoisotopic (exact) mass is 362 g/mol. The lowest BCUT2D eigenvalue weighted by atomic mass is 10.1. The van der Waals surface area contributed by atoms with Gasteiger partial charge in [0.25, 0.3) is 0 Å². The summed E-state index contributed by atoms with van der Waals surface area (Å²) in [6.45, 7) is 0.492. The number of imidazole rings is 1. The van der Waals surface area contributed by atoms with E-state index < -0.39 is 11.2 Å². The molecule has 0 unspecified atom stereocenters. The van der Waals surface area contributed by atoms with Gasteiger partial charge in [-0.15, -0.1) is 0 Å². The SMILES string of the molecule is COn1c(=O)[nH]c2c(nc(Cc3ccccc3)n2Cc2ccccc2)c1=O. The number of fused-ring (bicyclic) bond motifs is 1. The van der Waals surface area contributed by atoms with Gasteiger partial charge in [-0.25, -0.2) is 9.78 Å². The van der Waals surface area contributed by atoms with Gasteiger partial charge in [0.15, 0.2) is 5.52 Å². The summed E-state index contributed by atoms with van der Waals surface area (Å²) < 4.78 is 2.55. The van der Waals surface area contributed by atoms with Crippen LogP contribution in [-0.2, 0) is 13.0 Å². The van der Waals surface area contributed by atoms with Crippen LogP contribution in [0.25, 0.3) is 11.2 Å². The summed E-state index contributed by atoms with van der Waals surface area (Å²) in [6, 6.07) is 19.7. The molecule has 0 aliphatic carbocycles. The molecule has 0 radical (unpaired) electrons. The Hall–Kier alpha value is -3.61. The van der Waals surface area contributed by atoms with E-state index in [0.29, 0.717) is 29.2 Å². The van der Waals surface area contributed by atoms with E-state index in [2.05, 4.69) is 9.97 Å². The van der Waals surface area contributed by atoms with Crippen LogP contribution in [0, 0.1) is 0 Å². The molecule has 2 aromatic carbocycles. The summed E-state index contributed by atoms with van der Waals surface area (Å²) >= 11 is 0. The standard InChI is InChI=1S/C20H18N4O3/c1-27-24-19(25)17-18(22-20(24)26)23(13-15-10-6-3-7-11-15)16(21-17)12-14-8-4-2-5-9-14/h2-11H,12-13H2,1H3,(H,22,26). The molecule has 0 fully saturated rings. The van der Waals surface area contributed by atoms with E-state index in [4.69, 9.17) is 4.84 Å². The lowest BCUT2D eigenvalue weighted by molar-refractivity contribution is 0.146. The number of rotatable bonds is 5. The minimum atomic E-state index is -0.629. The smallest absolute Gasteiger partial charge is 0.363 e. The Labute approximate surface area is 154 Å². The van der Waals surface area contributed by atoms with Crippen molar-refractivity contribution in [3.8, 4) is 0 Å². The highest BCUT2D eigenvalue weighted by molar-refractivity contribution is 5.70. The average molecular weight is 362 g/mol.